The van der Waals surface area contributed by atoms with E-state index in [1.165, 1.54) is 6.07 Å². The van der Waals surface area contributed by atoms with Crippen LogP contribution in [0.25, 0.3) is 21.5 Å². The maximum Gasteiger partial charge on any atom is 0.416 e. The van der Waals surface area contributed by atoms with Crippen LogP contribution in [0.1, 0.15) is 62.2 Å². The third kappa shape index (κ3) is 5.12. The van der Waals surface area contributed by atoms with E-state index < -0.39 is 23.3 Å². The molecule has 0 radical (unpaired) electrons. The van der Waals surface area contributed by atoms with E-state index in [9.17, 15) is 18.0 Å². The number of nitrogens with two attached hydrogens (primary N) is 1. The third-order valence-electron chi connectivity index (χ3n) is 7.71. The molecule has 0 saturated carbocycles. The largest absolute Gasteiger partial charge is 0.416 e. The van der Waals surface area contributed by atoms with Gasteiger partial charge in [0.1, 0.15) is 17.3 Å². The molecule has 1 amide bonds. The van der Waals surface area contributed by atoms with Crippen molar-refractivity contribution in [2.45, 2.75) is 58.3 Å². The van der Waals surface area contributed by atoms with Crippen molar-refractivity contribution in [1.82, 2.24) is 24.3 Å². The molecule has 0 spiro atoms. The number of benzene rings is 1. The van der Waals surface area contributed by atoms with Crippen molar-refractivity contribution >= 4 is 34.1 Å². The molecule has 1 aliphatic heterocycles. The fraction of sp³-hybridized carbons (Fsp3) is 0.414. The standard InChI is InChI=1S/C29H31F3N8O/c1-16(2)27(41)39-9-6-28(34-5,7-10-39)23-15-22-24(37-18(4)38-25(22)40-11-8-35-26(23)40)36-17(3)19-12-20(29(30,31)32)14-21(33)13-19/h8,11-17H,6-7,9-10,33H2,1-4H3,(H,36,37,38)/t17-/m1/s1. The van der Waals surface area contributed by atoms with Gasteiger partial charge in [-0.15, -0.1) is 0 Å². The Kier molecular flexibility index (Phi) is 7.01. The Bertz CT molecular complexity index is 1680. The maximum absolute atomic E-state index is 13.5. The molecule has 4 aromatic rings. The molecule has 1 aliphatic rings. The van der Waals surface area contributed by atoms with Crippen LogP contribution in [0.5, 0.6) is 0 Å². The fourth-order valence-corrected chi connectivity index (χ4v) is 5.50. The summed E-state index contributed by atoms with van der Waals surface area (Å²) in [5.41, 5.74) is 6.29. The Labute approximate surface area is 235 Å². The van der Waals surface area contributed by atoms with Crippen LogP contribution in [0.3, 0.4) is 0 Å². The maximum atomic E-state index is 13.5. The first-order valence-corrected chi connectivity index (χ1v) is 13.4. The second-order valence-corrected chi connectivity index (χ2v) is 10.9. The lowest BCUT2D eigenvalue weighted by Crippen LogP contribution is -2.45. The summed E-state index contributed by atoms with van der Waals surface area (Å²) < 4.78 is 42.2. The zero-order valence-electron chi connectivity index (χ0n) is 23.3. The number of carbonyl (C=O) groups is 1. The van der Waals surface area contributed by atoms with E-state index in [-0.39, 0.29) is 17.5 Å². The number of imidazole rings is 1. The van der Waals surface area contributed by atoms with Gasteiger partial charge in [-0.2, -0.15) is 13.2 Å². The van der Waals surface area contributed by atoms with Gasteiger partial charge in [0.25, 0.3) is 5.54 Å². The highest BCUT2D eigenvalue weighted by atomic mass is 19.4. The Hall–Kier alpha value is -4.40. The number of nitrogen functional groups attached to an aromatic ring is 1. The van der Waals surface area contributed by atoms with Gasteiger partial charge in [0.05, 0.1) is 22.6 Å². The van der Waals surface area contributed by atoms with Crippen LogP contribution >= 0.6 is 0 Å². The molecular weight excluding hydrogens is 533 g/mol. The number of aromatic nitrogens is 4. The van der Waals surface area contributed by atoms with Crippen molar-refractivity contribution in [3.8, 4) is 0 Å². The first-order valence-electron chi connectivity index (χ1n) is 13.4. The minimum atomic E-state index is -4.53. The lowest BCUT2D eigenvalue weighted by molar-refractivity contribution is -0.137. The molecule has 5 rings (SSSR count). The second kappa shape index (κ2) is 10.2. The molecule has 9 nitrogen and oxygen atoms in total. The van der Waals surface area contributed by atoms with Crippen molar-refractivity contribution in [1.29, 1.82) is 0 Å². The molecule has 1 aromatic carbocycles. The number of carbonyl (C=O) groups excluding carboxylic acids is 1. The Morgan fingerprint density at radius 3 is 2.46 bits per heavy atom. The number of piperidine rings is 1. The van der Waals surface area contributed by atoms with Gasteiger partial charge in [-0.05, 0) is 43.7 Å². The van der Waals surface area contributed by atoms with Crippen molar-refractivity contribution in [2.24, 2.45) is 5.92 Å². The number of anilines is 2. The van der Waals surface area contributed by atoms with E-state index in [4.69, 9.17) is 12.3 Å². The number of halogens is 3. The highest BCUT2D eigenvalue weighted by molar-refractivity contribution is 5.90. The van der Waals surface area contributed by atoms with Crippen molar-refractivity contribution in [3.63, 3.8) is 0 Å². The van der Waals surface area contributed by atoms with E-state index in [0.29, 0.717) is 65.4 Å². The van der Waals surface area contributed by atoms with Crippen LogP contribution in [0, 0.1) is 19.4 Å². The molecule has 1 saturated heterocycles. The Morgan fingerprint density at radius 1 is 1.12 bits per heavy atom. The minimum Gasteiger partial charge on any atom is -0.399 e. The number of hydrogen-bond donors (Lipinski definition) is 2. The first-order chi connectivity index (χ1) is 19.3. The predicted octanol–water partition coefficient (Wildman–Crippen LogP) is 5.75. The molecule has 3 aromatic heterocycles. The van der Waals surface area contributed by atoms with Crippen LogP contribution in [0.4, 0.5) is 24.7 Å². The van der Waals surface area contributed by atoms with E-state index >= 15 is 0 Å². The highest BCUT2D eigenvalue weighted by Gasteiger charge is 2.46. The van der Waals surface area contributed by atoms with E-state index in [1.807, 2.05) is 24.3 Å². The predicted molar refractivity (Wildman–Crippen MR) is 150 cm³/mol. The highest BCUT2D eigenvalue weighted by Crippen LogP contribution is 2.42. The zero-order chi connectivity index (χ0) is 29.7. The summed E-state index contributed by atoms with van der Waals surface area (Å²) in [6.45, 7) is 16.3. The van der Waals surface area contributed by atoms with Crippen LogP contribution in [0.2, 0.25) is 0 Å². The zero-order valence-corrected chi connectivity index (χ0v) is 23.3. The van der Waals surface area contributed by atoms with Gasteiger partial charge in [-0.3, -0.25) is 9.20 Å². The monoisotopic (exact) mass is 564 g/mol. The fourth-order valence-electron chi connectivity index (χ4n) is 5.50. The van der Waals surface area contributed by atoms with Gasteiger partial charge < -0.3 is 20.8 Å². The Morgan fingerprint density at radius 2 is 1.83 bits per heavy atom. The number of nitrogens with zero attached hydrogens (tertiary/aromatic N) is 6. The van der Waals surface area contributed by atoms with Crippen LogP contribution < -0.4 is 11.1 Å². The average Bonchev–Trinajstić information content (AvgIpc) is 3.42. The molecule has 1 atom stereocenters. The van der Waals surface area contributed by atoms with Crippen molar-refractivity contribution < 1.29 is 18.0 Å². The van der Waals surface area contributed by atoms with Gasteiger partial charge >= 0.3 is 6.18 Å². The average molecular weight is 565 g/mol. The quantitative estimate of drug-likeness (QED) is 0.236. The van der Waals surface area contributed by atoms with Crippen LogP contribution in [-0.4, -0.2) is 43.2 Å². The molecule has 214 valence electrons. The summed E-state index contributed by atoms with van der Waals surface area (Å²) in [4.78, 5) is 32.3. The molecule has 3 N–H and O–H groups in total. The summed E-state index contributed by atoms with van der Waals surface area (Å²) in [6.07, 6.45) is -0.237. The number of nitrogens with one attached hydrogen (secondary N) is 1. The second-order valence-electron chi connectivity index (χ2n) is 10.9. The normalized spacial score (nSPS) is 16.2. The summed E-state index contributed by atoms with van der Waals surface area (Å²) in [6, 6.07) is 4.77. The summed E-state index contributed by atoms with van der Waals surface area (Å²) in [5, 5.41) is 3.87. The number of rotatable bonds is 5. The van der Waals surface area contributed by atoms with Gasteiger partial charge in [0.15, 0.2) is 5.65 Å². The van der Waals surface area contributed by atoms with Crippen molar-refractivity contribution in [2.75, 3.05) is 24.1 Å². The number of aryl methyl sites for hydroxylation is 1. The molecule has 12 heteroatoms. The summed E-state index contributed by atoms with van der Waals surface area (Å²) in [7, 11) is 0. The van der Waals surface area contributed by atoms with Gasteiger partial charge in [-0.25, -0.2) is 21.5 Å². The summed E-state index contributed by atoms with van der Waals surface area (Å²) in [5.74, 6) is 0.810. The lowest BCUT2D eigenvalue weighted by atomic mass is 9.81. The lowest BCUT2D eigenvalue weighted by Gasteiger charge is -2.35. The SMILES string of the molecule is [C-]#[N+]C1(c2cc3c(N[C@H](C)c4cc(N)cc(C(F)(F)F)c4)nc(C)nc3n3ccnc23)CCN(C(=O)C(C)C)CC1. The van der Waals surface area contributed by atoms with Crippen LogP contribution in [0.15, 0.2) is 36.7 Å². The molecule has 0 bridgehead atoms. The number of pyridine rings is 1. The molecule has 4 heterocycles. The van der Waals surface area contributed by atoms with Gasteiger partial charge in [-0.1, -0.05) is 13.8 Å². The number of alkyl halides is 3. The smallest absolute Gasteiger partial charge is 0.399 e. The molecule has 0 aliphatic carbocycles. The molecule has 1 fully saturated rings. The molecular formula is C29H31F3N8O. The number of amides is 1. The Balaban J connectivity index is 1.60. The van der Waals surface area contributed by atoms with E-state index in [0.717, 1.165) is 12.1 Å². The summed E-state index contributed by atoms with van der Waals surface area (Å²) >= 11 is 0. The van der Waals surface area contributed by atoms with E-state index in [1.54, 1.807) is 31.1 Å². The van der Waals surface area contributed by atoms with Gasteiger partial charge in [0, 0.05) is 49.9 Å². The topological polar surface area (TPSA) is 106 Å². The number of hydrogen-bond acceptors (Lipinski definition) is 6. The van der Waals surface area contributed by atoms with Crippen molar-refractivity contribution in [3.05, 3.63) is 70.6 Å². The minimum absolute atomic E-state index is 0.0101. The first kappa shape index (κ1) is 28.1. The van der Waals surface area contributed by atoms with Gasteiger partial charge in [0.2, 0.25) is 5.91 Å². The van der Waals surface area contributed by atoms with E-state index in [2.05, 4.69) is 25.1 Å². The third-order valence-corrected chi connectivity index (χ3v) is 7.71. The molecule has 0 unspecified atom stereocenters. The number of fused-ring (bicyclic) bond motifs is 3. The van der Waals surface area contributed by atoms with Crippen LogP contribution in [-0.2, 0) is 16.5 Å². The number of likely N-dealkylation sites (tertiary alicyclic amines) is 1. The molecule has 41 heavy (non-hydrogen) atoms.